The van der Waals surface area contributed by atoms with E-state index in [0.717, 1.165) is 8.26 Å². The van der Waals surface area contributed by atoms with Crippen LogP contribution in [0.15, 0.2) is 14.3 Å². The second-order valence-corrected chi connectivity index (χ2v) is 8.02. The first-order chi connectivity index (χ1) is 9.27. The van der Waals surface area contributed by atoms with Crippen molar-refractivity contribution >= 4 is 49.1 Å². The second kappa shape index (κ2) is 6.36. The normalized spacial score (nSPS) is 23.6. The van der Waals surface area contributed by atoms with E-state index in [1.165, 1.54) is 11.3 Å². The van der Waals surface area contributed by atoms with Crippen molar-refractivity contribution in [1.29, 1.82) is 0 Å². The number of alkyl halides is 3. The fourth-order valence-electron chi connectivity index (χ4n) is 2.28. The van der Waals surface area contributed by atoms with E-state index in [9.17, 15) is 18.0 Å². The summed E-state index contributed by atoms with van der Waals surface area (Å²) in [4.78, 5) is 12.5. The van der Waals surface area contributed by atoms with Gasteiger partial charge in [0.25, 0.3) is 5.91 Å². The first-order valence-electron chi connectivity index (χ1n) is 6.09. The van der Waals surface area contributed by atoms with Gasteiger partial charge in [0.15, 0.2) is 0 Å². The summed E-state index contributed by atoms with van der Waals surface area (Å²) in [6.07, 6.45) is -3.18. The molecule has 1 saturated carbocycles. The molecule has 0 radical (unpaired) electrons. The van der Waals surface area contributed by atoms with E-state index < -0.39 is 12.1 Å². The molecule has 2 rings (SSSR count). The van der Waals surface area contributed by atoms with Gasteiger partial charge in [-0.25, -0.2) is 0 Å². The zero-order valence-corrected chi connectivity index (χ0v) is 14.3. The predicted octanol–water partition coefficient (Wildman–Crippen LogP) is 5.12. The van der Waals surface area contributed by atoms with Gasteiger partial charge in [-0.2, -0.15) is 13.2 Å². The third-order valence-electron chi connectivity index (χ3n) is 3.39. The van der Waals surface area contributed by atoms with E-state index in [1.54, 1.807) is 6.07 Å². The standard InChI is InChI=1S/C12H12Br2F3NOS/c13-8-5-9(20-10(8)14)11(19)18-7-3-1-6(2-4-7)12(15,16)17/h5-7H,1-4H2,(H,18,19). The average Bonchev–Trinajstić information content (AvgIpc) is 2.69. The van der Waals surface area contributed by atoms with Crippen molar-refractivity contribution in [3.05, 3.63) is 19.2 Å². The van der Waals surface area contributed by atoms with Crippen molar-refractivity contribution in [2.75, 3.05) is 0 Å². The zero-order valence-electron chi connectivity index (χ0n) is 10.3. The molecule has 0 unspecified atom stereocenters. The Hall–Kier alpha value is -0.0800. The van der Waals surface area contributed by atoms with Crippen molar-refractivity contribution in [3.8, 4) is 0 Å². The van der Waals surface area contributed by atoms with E-state index in [-0.39, 0.29) is 24.8 Å². The Morgan fingerprint density at radius 1 is 1.25 bits per heavy atom. The van der Waals surface area contributed by atoms with E-state index in [4.69, 9.17) is 0 Å². The minimum atomic E-state index is -4.11. The van der Waals surface area contributed by atoms with Crippen LogP contribution in [0.1, 0.15) is 35.4 Å². The highest BCUT2D eigenvalue weighted by Crippen LogP contribution is 2.38. The molecule has 1 aromatic heterocycles. The molecule has 0 aromatic carbocycles. The molecule has 8 heteroatoms. The highest BCUT2D eigenvalue weighted by molar-refractivity contribution is 9.13. The van der Waals surface area contributed by atoms with Gasteiger partial charge < -0.3 is 5.32 Å². The van der Waals surface area contributed by atoms with Gasteiger partial charge in [0.1, 0.15) is 0 Å². The number of carbonyl (C=O) groups is 1. The van der Waals surface area contributed by atoms with Gasteiger partial charge in [-0.15, -0.1) is 11.3 Å². The van der Waals surface area contributed by atoms with Crippen LogP contribution in [0.4, 0.5) is 13.2 Å². The van der Waals surface area contributed by atoms with Crippen LogP contribution in [-0.4, -0.2) is 18.1 Å². The highest BCUT2D eigenvalue weighted by Gasteiger charge is 2.41. The summed E-state index contributed by atoms with van der Waals surface area (Å²) in [6.45, 7) is 0. The van der Waals surface area contributed by atoms with Crippen molar-refractivity contribution < 1.29 is 18.0 Å². The molecule has 0 aliphatic heterocycles. The Kier molecular flexibility index (Phi) is 5.18. The monoisotopic (exact) mass is 433 g/mol. The van der Waals surface area contributed by atoms with Crippen LogP contribution in [0, 0.1) is 5.92 Å². The van der Waals surface area contributed by atoms with E-state index in [2.05, 4.69) is 37.2 Å². The van der Waals surface area contributed by atoms with Gasteiger partial charge in [0.05, 0.1) is 14.6 Å². The number of thiophene rings is 1. The van der Waals surface area contributed by atoms with Crippen LogP contribution in [0.3, 0.4) is 0 Å². The van der Waals surface area contributed by atoms with Crippen LogP contribution >= 0.6 is 43.2 Å². The molecule has 20 heavy (non-hydrogen) atoms. The maximum absolute atomic E-state index is 12.5. The lowest BCUT2D eigenvalue weighted by Gasteiger charge is -2.30. The minimum absolute atomic E-state index is 0.0896. The lowest BCUT2D eigenvalue weighted by molar-refractivity contribution is -0.182. The van der Waals surface area contributed by atoms with Crippen LogP contribution in [-0.2, 0) is 0 Å². The Balaban J connectivity index is 1.88. The van der Waals surface area contributed by atoms with Crippen molar-refractivity contribution in [2.24, 2.45) is 5.92 Å². The number of rotatable bonds is 2. The fourth-order valence-corrected chi connectivity index (χ4v) is 4.22. The number of carbonyl (C=O) groups excluding carboxylic acids is 1. The fraction of sp³-hybridized carbons (Fsp3) is 0.583. The molecular weight excluding hydrogens is 423 g/mol. The first kappa shape index (κ1) is 16.3. The molecule has 1 aliphatic carbocycles. The van der Waals surface area contributed by atoms with Crippen LogP contribution in [0.2, 0.25) is 0 Å². The summed E-state index contributed by atoms with van der Waals surface area (Å²) in [7, 11) is 0. The van der Waals surface area contributed by atoms with E-state index in [0.29, 0.717) is 17.7 Å². The largest absolute Gasteiger partial charge is 0.391 e. The number of amides is 1. The van der Waals surface area contributed by atoms with Crippen molar-refractivity contribution in [2.45, 2.75) is 37.9 Å². The maximum Gasteiger partial charge on any atom is 0.391 e. The zero-order chi connectivity index (χ0) is 14.9. The molecule has 2 nitrogen and oxygen atoms in total. The summed E-state index contributed by atoms with van der Waals surface area (Å²) in [5.41, 5.74) is 0. The second-order valence-electron chi connectivity index (χ2n) is 4.80. The van der Waals surface area contributed by atoms with E-state index >= 15 is 0 Å². The molecule has 1 amide bonds. The molecule has 1 aromatic rings. The summed E-state index contributed by atoms with van der Waals surface area (Å²) in [6, 6.07) is 1.53. The maximum atomic E-state index is 12.5. The first-order valence-corrected chi connectivity index (χ1v) is 8.50. The molecule has 1 aliphatic rings. The van der Waals surface area contributed by atoms with Crippen LogP contribution in [0.25, 0.3) is 0 Å². The summed E-state index contributed by atoms with van der Waals surface area (Å²) >= 11 is 7.90. The Morgan fingerprint density at radius 3 is 2.30 bits per heavy atom. The van der Waals surface area contributed by atoms with E-state index in [1.807, 2.05) is 0 Å². The van der Waals surface area contributed by atoms with Gasteiger partial charge in [0, 0.05) is 10.5 Å². The summed E-state index contributed by atoms with van der Waals surface area (Å²) in [5.74, 6) is -1.45. The number of hydrogen-bond donors (Lipinski definition) is 1. The molecule has 0 atom stereocenters. The Morgan fingerprint density at radius 2 is 1.85 bits per heavy atom. The predicted molar refractivity (Wildman–Crippen MR) is 79.0 cm³/mol. The number of halogens is 5. The van der Waals surface area contributed by atoms with Gasteiger partial charge in [-0.1, -0.05) is 0 Å². The van der Waals surface area contributed by atoms with Gasteiger partial charge in [-0.3, -0.25) is 4.79 Å². The SMILES string of the molecule is O=C(NC1CCC(C(F)(F)F)CC1)c1cc(Br)c(Br)s1. The topological polar surface area (TPSA) is 29.1 Å². The lowest BCUT2D eigenvalue weighted by Crippen LogP contribution is -2.39. The molecular formula is C12H12Br2F3NOS. The Bertz CT molecular complexity index is 476. The third kappa shape index (κ3) is 3.98. The molecule has 0 saturated heterocycles. The van der Waals surface area contributed by atoms with Gasteiger partial charge >= 0.3 is 6.18 Å². The lowest BCUT2D eigenvalue weighted by atomic mass is 9.85. The minimum Gasteiger partial charge on any atom is -0.349 e. The van der Waals surface area contributed by atoms with Crippen molar-refractivity contribution in [3.63, 3.8) is 0 Å². The molecule has 0 bridgehead atoms. The summed E-state index contributed by atoms with van der Waals surface area (Å²) in [5, 5.41) is 2.81. The highest BCUT2D eigenvalue weighted by atomic mass is 79.9. The third-order valence-corrected chi connectivity index (χ3v) is 6.65. The van der Waals surface area contributed by atoms with Gasteiger partial charge in [-0.05, 0) is 63.6 Å². The molecule has 112 valence electrons. The molecule has 1 fully saturated rings. The van der Waals surface area contributed by atoms with Crippen LogP contribution < -0.4 is 5.32 Å². The molecule has 1 heterocycles. The smallest absolute Gasteiger partial charge is 0.349 e. The Labute approximate surface area is 135 Å². The number of hydrogen-bond acceptors (Lipinski definition) is 2. The summed E-state index contributed by atoms with van der Waals surface area (Å²) < 4.78 is 39.3. The average molecular weight is 435 g/mol. The molecule has 1 N–H and O–H groups in total. The quantitative estimate of drug-likeness (QED) is 0.687. The van der Waals surface area contributed by atoms with Crippen molar-refractivity contribution in [1.82, 2.24) is 5.32 Å². The van der Waals surface area contributed by atoms with Crippen LogP contribution in [0.5, 0.6) is 0 Å². The van der Waals surface area contributed by atoms with Gasteiger partial charge in [0.2, 0.25) is 0 Å². The molecule has 0 spiro atoms. The number of nitrogens with one attached hydrogen (secondary N) is 1.